The van der Waals surface area contributed by atoms with E-state index in [-0.39, 0.29) is 17.2 Å². The van der Waals surface area contributed by atoms with Crippen LogP contribution < -0.4 is 0 Å². The molecule has 0 atom stereocenters. The number of thioether (sulfide) groups is 1. The predicted octanol–water partition coefficient (Wildman–Crippen LogP) is 2.76. The lowest BCUT2D eigenvalue weighted by Gasteiger charge is -2.00. The topological polar surface area (TPSA) is 63.4 Å². The lowest BCUT2D eigenvalue weighted by atomic mass is 10.3. The first-order chi connectivity index (χ1) is 6.61. The second-order valence-corrected chi connectivity index (χ2v) is 3.60. The van der Waals surface area contributed by atoms with Crippen LogP contribution >= 0.6 is 11.8 Å². The first-order valence-corrected chi connectivity index (χ1v) is 4.83. The van der Waals surface area contributed by atoms with Crippen molar-refractivity contribution in [2.24, 2.45) is 0 Å². The van der Waals surface area contributed by atoms with Crippen LogP contribution in [-0.4, -0.2) is 15.8 Å². The Kier molecular flexibility index (Phi) is 3.53. The molecular weight excluding hydrogens is 202 g/mol. The summed E-state index contributed by atoms with van der Waals surface area (Å²) in [5, 5.41) is 19.4. The first kappa shape index (κ1) is 10.6. The van der Waals surface area contributed by atoms with Crippen LogP contribution in [0.2, 0.25) is 0 Å². The molecule has 0 saturated carbocycles. The third-order valence-electron chi connectivity index (χ3n) is 1.46. The number of benzene rings is 1. The molecule has 0 saturated heterocycles. The molecule has 74 valence electrons. The Morgan fingerprint density at radius 3 is 2.79 bits per heavy atom. The van der Waals surface area contributed by atoms with Gasteiger partial charge in [-0.05, 0) is 6.07 Å². The number of aliphatic hydroxyl groups excluding tert-OH is 1. The fraction of sp³-hybridized carbons (Fsp3) is 0.111. The van der Waals surface area contributed by atoms with E-state index >= 15 is 0 Å². The van der Waals surface area contributed by atoms with Crippen LogP contribution in [0.1, 0.15) is 0 Å². The second-order valence-electron chi connectivity index (χ2n) is 2.58. The smallest absolute Gasteiger partial charge is 0.282 e. The molecule has 0 heterocycles. The minimum Gasteiger partial charge on any atom is -0.512 e. The molecule has 0 spiro atoms. The average Bonchev–Trinajstić information content (AvgIpc) is 2.15. The van der Waals surface area contributed by atoms with Gasteiger partial charge in [0.2, 0.25) is 0 Å². The summed E-state index contributed by atoms with van der Waals surface area (Å²) in [4.78, 5) is 10.7. The Morgan fingerprint density at radius 2 is 2.21 bits per heavy atom. The number of nitro benzene ring substituents is 1. The van der Waals surface area contributed by atoms with Crippen molar-refractivity contribution in [2.45, 2.75) is 4.90 Å². The Hall–Kier alpha value is -1.49. The molecule has 0 amide bonds. The lowest BCUT2D eigenvalue weighted by Crippen LogP contribution is -1.91. The Morgan fingerprint density at radius 1 is 1.57 bits per heavy atom. The quantitative estimate of drug-likeness (QED) is 0.360. The number of nitrogens with zero attached hydrogens (tertiary/aromatic N) is 1. The van der Waals surface area contributed by atoms with Gasteiger partial charge in [0.25, 0.3) is 5.69 Å². The van der Waals surface area contributed by atoms with E-state index in [1.54, 1.807) is 18.2 Å². The van der Waals surface area contributed by atoms with E-state index < -0.39 is 4.92 Å². The fourth-order valence-corrected chi connectivity index (χ4v) is 1.68. The number of nitro groups is 1. The van der Waals surface area contributed by atoms with Crippen LogP contribution in [-0.2, 0) is 0 Å². The van der Waals surface area contributed by atoms with Crippen molar-refractivity contribution in [1.82, 2.24) is 0 Å². The summed E-state index contributed by atoms with van der Waals surface area (Å²) < 4.78 is 0. The van der Waals surface area contributed by atoms with Gasteiger partial charge < -0.3 is 5.11 Å². The maximum absolute atomic E-state index is 10.6. The van der Waals surface area contributed by atoms with E-state index in [0.29, 0.717) is 4.90 Å². The lowest BCUT2D eigenvalue weighted by molar-refractivity contribution is -0.387. The van der Waals surface area contributed by atoms with E-state index in [1.165, 1.54) is 17.8 Å². The molecule has 1 rings (SSSR count). The molecule has 1 N–H and O–H groups in total. The molecule has 0 aromatic heterocycles. The number of rotatable bonds is 4. The maximum atomic E-state index is 10.6. The molecule has 0 unspecified atom stereocenters. The van der Waals surface area contributed by atoms with E-state index in [9.17, 15) is 10.1 Å². The number of hydrogen-bond acceptors (Lipinski definition) is 4. The molecule has 0 aliphatic carbocycles. The Bertz CT molecular complexity index is 365. The second kappa shape index (κ2) is 4.66. The van der Waals surface area contributed by atoms with Gasteiger partial charge in [-0.1, -0.05) is 18.7 Å². The van der Waals surface area contributed by atoms with Crippen LogP contribution in [0.25, 0.3) is 0 Å². The van der Waals surface area contributed by atoms with Gasteiger partial charge in [-0.15, -0.1) is 11.8 Å². The summed E-state index contributed by atoms with van der Waals surface area (Å²) >= 11 is 1.19. The standard InChI is InChI=1S/C9H9NO3S/c1-7(11)6-14-9-5-3-2-4-8(9)10(12)13/h2-5,11H,1,6H2. The maximum Gasteiger partial charge on any atom is 0.282 e. The van der Waals surface area contributed by atoms with Crippen molar-refractivity contribution in [2.75, 3.05) is 5.75 Å². The van der Waals surface area contributed by atoms with E-state index in [1.807, 2.05) is 0 Å². The van der Waals surface area contributed by atoms with E-state index in [0.717, 1.165) is 0 Å². The number of para-hydroxylation sites is 1. The average molecular weight is 211 g/mol. The van der Waals surface area contributed by atoms with Crippen LogP contribution in [0.4, 0.5) is 5.69 Å². The number of hydrogen-bond donors (Lipinski definition) is 1. The molecule has 5 heteroatoms. The zero-order valence-corrected chi connectivity index (χ0v) is 8.16. The third kappa shape index (κ3) is 2.77. The summed E-state index contributed by atoms with van der Waals surface area (Å²) in [5.41, 5.74) is 0.0544. The molecule has 14 heavy (non-hydrogen) atoms. The molecule has 4 nitrogen and oxygen atoms in total. The summed E-state index contributed by atoms with van der Waals surface area (Å²) in [6, 6.07) is 6.40. The van der Waals surface area contributed by atoms with E-state index in [4.69, 9.17) is 5.11 Å². The monoisotopic (exact) mass is 211 g/mol. The van der Waals surface area contributed by atoms with Gasteiger partial charge >= 0.3 is 0 Å². The normalized spacial score (nSPS) is 9.71. The van der Waals surface area contributed by atoms with Crippen LogP contribution in [0.3, 0.4) is 0 Å². The van der Waals surface area contributed by atoms with Crippen LogP contribution in [0, 0.1) is 10.1 Å². The van der Waals surface area contributed by atoms with E-state index in [2.05, 4.69) is 6.58 Å². The highest BCUT2D eigenvalue weighted by atomic mass is 32.2. The van der Waals surface area contributed by atoms with Gasteiger partial charge in [0.1, 0.15) is 0 Å². The molecule has 0 aliphatic rings. The van der Waals surface area contributed by atoms with Gasteiger partial charge in [-0.2, -0.15) is 0 Å². The Labute approximate surface area is 85.4 Å². The zero-order chi connectivity index (χ0) is 10.6. The molecular formula is C9H9NO3S. The SMILES string of the molecule is C=C(O)CSc1ccccc1[N+](=O)[O-]. The van der Waals surface area contributed by atoms with Crippen molar-refractivity contribution in [1.29, 1.82) is 0 Å². The highest BCUT2D eigenvalue weighted by molar-refractivity contribution is 7.99. The largest absolute Gasteiger partial charge is 0.512 e. The molecule has 0 bridgehead atoms. The highest BCUT2D eigenvalue weighted by Crippen LogP contribution is 2.29. The predicted molar refractivity (Wildman–Crippen MR) is 55.6 cm³/mol. The summed E-state index contributed by atoms with van der Waals surface area (Å²) in [6.45, 7) is 3.31. The minimum atomic E-state index is -0.442. The summed E-state index contributed by atoms with van der Waals surface area (Å²) in [7, 11) is 0. The van der Waals surface area contributed by atoms with Gasteiger partial charge in [0, 0.05) is 6.07 Å². The molecule has 0 fully saturated rings. The van der Waals surface area contributed by atoms with Gasteiger partial charge in [-0.3, -0.25) is 10.1 Å². The van der Waals surface area contributed by atoms with Crippen LogP contribution in [0.5, 0.6) is 0 Å². The van der Waals surface area contributed by atoms with Gasteiger partial charge in [-0.25, -0.2) is 0 Å². The van der Waals surface area contributed by atoms with Crippen molar-refractivity contribution < 1.29 is 10.0 Å². The fourth-order valence-electron chi connectivity index (χ4n) is 0.891. The summed E-state index contributed by atoms with van der Waals surface area (Å²) in [5.74, 6) is 0.276. The molecule has 1 aromatic carbocycles. The van der Waals surface area contributed by atoms with Crippen molar-refractivity contribution >= 4 is 17.4 Å². The molecule has 0 radical (unpaired) electrons. The van der Waals surface area contributed by atoms with Crippen LogP contribution in [0.15, 0.2) is 41.5 Å². The minimum absolute atomic E-state index is 0.00755. The zero-order valence-electron chi connectivity index (χ0n) is 7.34. The van der Waals surface area contributed by atoms with Crippen molar-refractivity contribution in [3.05, 3.63) is 46.7 Å². The van der Waals surface area contributed by atoms with Gasteiger partial charge in [0.15, 0.2) is 0 Å². The number of aliphatic hydroxyl groups is 1. The Balaban J connectivity index is 2.84. The highest BCUT2D eigenvalue weighted by Gasteiger charge is 2.12. The van der Waals surface area contributed by atoms with Gasteiger partial charge in [0.05, 0.1) is 21.3 Å². The van der Waals surface area contributed by atoms with Crippen molar-refractivity contribution in [3.63, 3.8) is 0 Å². The molecule has 1 aromatic rings. The first-order valence-electron chi connectivity index (χ1n) is 3.84. The molecule has 0 aliphatic heterocycles. The third-order valence-corrected chi connectivity index (χ3v) is 2.59. The van der Waals surface area contributed by atoms with Crippen molar-refractivity contribution in [3.8, 4) is 0 Å². The summed E-state index contributed by atoms with van der Waals surface area (Å²) in [6.07, 6.45) is 0.